The van der Waals surface area contributed by atoms with Crippen molar-refractivity contribution in [2.75, 3.05) is 0 Å². The number of rotatable bonds is 2. The lowest BCUT2D eigenvalue weighted by atomic mass is 9.67. The molecule has 70 valence electrons. The van der Waals surface area contributed by atoms with Gasteiger partial charge in [0.25, 0.3) is 0 Å². The van der Waals surface area contributed by atoms with Crippen LogP contribution in [0.2, 0.25) is 0 Å². The van der Waals surface area contributed by atoms with Gasteiger partial charge >= 0.3 is 0 Å². The van der Waals surface area contributed by atoms with Gasteiger partial charge in [-0.3, -0.25) is 4.98 Å². The molecule has 0 atom stereocenters. The molecule has 0 spiro atoms. The summed E-state index contributed by atoms with van der Waals surface area (Å²) in [7, 11) is 0. The van der Waals surface area contributed by atoms with Crippen LogP contribution in [-0.4, -0.2) is 10.5 Å². The third-order valence-electron chi connectivity index (χ3n) is 2.82. The maximum absolute atomic E-state index is 6.20. The van der Waals surface area contributed by atoms with Gasteiger partial charge in [0.15, 0.2) is 0 Å². The monoisotopic (exact) mass is 176 g/mol. The summed E-state index contributed by atoms with van der Waals surface area (Å²) >= 11 is 0. The van der Waals surface area contributed by atoms with Crippen LogP contribution < -0.4 is 5.73 Å². The van der Waals surface area contributed by atoms with Crippen molar-refractivity contribution in [2.24, 2.45) is 11.7 Å². The fraction of sp³-hybridized carbons (Fsp3) is 0.545. The quantitative estimate of drug-likeness (QED) is 0.745. The first-order valence-corrected chi connectivity index (χ1v) is 4.86. The molecule has 0 unspecified atom stereocenters. The van der Waals surface area contributed by atoms with Gasteiger partial charge in [-0.25, -0.2) is 0 Å². The molecule has 1 saturated carbocycles. The molecule has 1 heterocycles. The molecule has 2 heteroatoms. The lowest BCUT2D eigenvalue weighted by Crippen LogP contribution is -2.52. The van der Waals surface area contributed by atoms with Gasteiger partial charge in [-0.15, -0.1) is 0 Å². The van der Waals surface area contributed by atoms with Crippen LogP contribution in [0.25, 0.3) is 0 Å². The maximum Gasteiger partial charge on any atom is 0.0270 e. The SMILES string of the molecule is CC1CC(N)(Cc2ccncc2)C1. The van der Waals surface area contributed by atoms with Crippen molar-refractivity contribution >= 4 is 0 Å². The minimum atomic E-state index is 0.0702. The van der Waals surface area contributed by atoms with Crippen LogP contribution in [0.1, 0.15) is 25.3 Å². The number of nitrogens with zero attached hydrogens (tertiary/aromatic N) is 1. The van der Waals surface area contributed by atoms with Crippen LogP contribution in [-0.2, 0) is 6.42 Å². The Morgan fingerprint density at radius 3 is 2.62 bits per heavy atom. The number of hydrogen-bond acceptors (Lipinski definition) is 2. The van der Waals surface area contributed by atoms with Crippen molar-refractivity contribution in [3.8, 4) is 0 Å². The second-order valence-electron chi connectivity index (χ2n) is 4.41. The minimum absolute atomic E-state index is 0.0702. The summed E-state index contributed by atoms with van der Waals surface area (Å²) in [4.78, 5) is 3.99. The Morgan fingerprint density at radius 2 is 2.08 bits per heavy atom. The number of nitrogens with two attached hydrogens (primary N) is 1. The van der Waals surface area contributed by atoms with Gasteiger partial charge in [0.2, 0.25) is 0 Å². The number of hydrogen-bond donors (Lipinski definition) is 1. The van der Waals surface area contributed by atoms with Crippen molar-refractivity contribution in [1.29, 1.82) is 0 Å². The van der Waals surface area contributed by atoms with E-state index in [2.05, 4.69) is 24.0 Å². The molecule has 0 radical (unpaired) electrons. The number of pyridine rings is 1. The molecule has 0 aromatic carbocycles. The Hall–Kier alpha value is -0.890. The molecule has 1 aromatic rings. The average molecular weight is 176 g/mol. The molecule has 1 fully saturated rings. The van der Waals surface area contributed by atoms with Crippen molar-refractivity contribution in [1.82, 2.24) is 4.98 Å². The van der Waals surface area contributed by atoms with Gasteiger partial charge in [-0.1, -0.05) is 6.92 Å². The molecule has 1 aliphatic rings. The lowest BCUT2D eigenvalue weighted by molar-refractivity contribution is 0.163. The highest BCUT2D eigenvalue weighted by Gasteiger charge is 2.37. The highest BCUT2D eigenvalue weighted by atomic mass is 14.8. The van der Waals surface area contributed by atoms with E-state index >= 15 is 0 Å². The second-order valence-corrected chi connectivity index (χ2v) is 4.41. The fourth-order valence-corrected chi connectivity index (χ4v) is 2.38. The van der Waals surface area contributed by atoms with Crippen LogP contribution in [0, 0.1) is 5.92 Å². The van der Waals surface area contributed by atoms with Crippen molar-refractivity contribution in [3.63, 3.8) is 0 Å². The average Bonchev–Trinajstić information content (AvgIpc) is 2.03. The molecule has 0 saturated heterocycles. The van der Waals surface area contributed by atoms with E-state index in [-0.39, 0.29) is 5.54 Å². The molecule has 13 heavy (non-hydrogen) atoms. The summed E-state index contributed by atoms with van der Waals surface area (Å²) in [6.07, 6.45) is 6.99. The predicted octanol–water partition coefficient (Wildman–Crippen LogP) is 1.75. The highest BCUT2D eigenvalue weighted by molar-refractivity contribution is 5.16. The third kappa shape index (κ3) is 1.89. The Labute approximate surface area is 79.2 Å². The Kier molecular flexibility index (Phi) is 2.08. The van der Waals surface area contributed by atoms with E-state index in [4.69, 9.17) is 5.73 Å². The summed E-state index contributed by atoms with van der Waals surface area (Å²) in [6, 6.07) is 4.11. The lowest BCUT2D eigenvalue weighted by Gasteiger charge is -2.43. The van der Waals surface area contributed by atoms with Gasteiger partial charge in [0.05, 0.1) is 0 Å². The normalized spacial score (nSPS) is 32.6. The van der Waals surface area contributed by atoms with E-state index in [1.165, 1.54) is 5.56 Å². The molecule has 0 amide bonds. The molecular weight excluding hydrogens is 160 g/mol. The maximum atomic E-state index is 6.20. The Morgan fingerprint density at radius 1 is 1.46 bits per heavy atom. The molecule has 2 rings (SSSR count). The van der Waals surface area contributed by atoms with Gasteiger partial charge in [0.1, 0.15) is 0 Å². The summed E-state index contributed by atoms with van der Waals surface area (Å²) in [5, 5.41) is 0. The van der Waals surface area contributed by atoms with Crippen LogP contribution in [0.15, 0.2) is 24.5 Å². The summed E-state index contributed by atoms with van der Waals surface area (Å²) in [5.41, 5.74) is 7.58. The summed E-state index contributed by atoms with van der Waals surface area (Å²) in [6.45, 7) is 2.26. The van der Waals surface area contributed by atoms with Crippen molar-refractivity contribution in [2.45, 2.75) is 31.7 Å². The molecule has 1 aromatic heterocycles. The van der Waals surface area contributed by atoms with E-state index in [0.717, 1.165) is 25.2 Å². The third-order valence-corrected chi connectivity index (χ3v) is 2.82. The molecule has 0 bridgehead atoms. The van der Waals surface area contributed by atoms with Crippen molar-refractivity contribution in [3.05, 3.63) is 30.1 Å². The molecule has 2 N–H and O–H groups in total. The highest BCUT2D eigenvalue weighted by Crippen LogP contribution is 2.37. The minimum Gasteiger partial charge on any atom is -0.325 e. The largest absolute Gasteiger partial charge is 0.325 e. The van der Waals surface area contributed by atoms with Gasteiger partial charge < -0.3 is 5.73 Å². The number of aromatic nitrogens is 1. The predicted molar refractivity (Wildman–Crippen MR) is 53.3 cm³/mol. The van der Waals surface area contributed by atoms with Crippen LogP contribution in [0.5, 0.6) is 0 Å². The zero-order chi connectivity index (χ0) is 9.31. The van der Waals surface area contributed by atoms with Gasteiger partial charge in [0, 0.05) is 17.9 Å². The molecule has 2 nitrogen and oxygen atoms in total. The summed E-state index contributed by atoms with van der Waals surface area (Å²) < 4.78 is 0. The molecule has 0 aliphatic heterocycles. The zero-order valence-electron chi connectivity index (χ0n) is 8.03. The Balaban J connectivity index is 1.99. The Bertz CT molecular complexity index is 275. The first-order valence-electron chi connectivity index (χ1n) is 4.86. The molecular formula is C11H16N2. The molecule has 1 aliphatic carbocycles. The zero-order valence-corrected chi connectivity index (χ0v) is 8.03. The van der Waals surface area contributed by atoms with Gasteiger partial charge in [-0.05, 0) is 42.9 Å². The van der Waals surface area contributed by atoms with E-state index in [1.54, 1.807) is 0 Å². The fourth-order valence-electron chi connectivity index (χ4n) is 2.38. The van der Waals surface area contributed by atoms with E-state index in [0.29, 0.717) is 0 Å². The topological polar surface area (TPSA) is 38.9 Å². The van der Waals surface area contributed by atoms with Gasteiger partial charge in [-0.2, -0.15) is 0 Å². The summed E-state index contributed by atoms with van der Waals surface area (Å²) in [5.74, 6) is 0.812. The van der Waals surface area contributed by atoms with Crippen LogP contribution in [0.3, 0.4) is 0 Å². The first kappa shape index (κ1) is 8.70. The van der Waals surface area contributed by atoms with Crippen LogP contribution >= 0.6 is 0 Å². The second kappa shape index (κ2) is 3.11. The van der Waals surface area contributed by atoms with E-state index in [1.807, 2.05) is 12.4 Å². The smallest absolute Gasteiger partial charge is 0.0270 e. The van der Waals surface area contributed by atoms with E-state index in [9.17, 15) is 0 Å². The van der Waals surface area contributed by atoms with Crippen molar-refractivity contribution < 1.29 is 0 Å². The van der Waals surface area contributed by atoms with Crippen LogP contribution in [0.4, 0.5) is 0 Å². The van der Waals surface area contributed by atoms with E-state index < -0.39 is 0 Å². The standard InChI is InChI=1S/C11H16N2/c1-9-6-11(12,7-9)8-10-2-4-13-5-3-10/h2-5,9H,6-8,12H2,1H3. The first-order chi connectivity index (χ1) is 6.18.